The minimum Gasteiger partial charge on any atom is -0.429 e. The largest absolute Gasteiger partial charge is 0.429 e. The number of ether oxygens (including phenoxy) is 1. The summed E-state index contributed by atoms with van der Waals surface area (Å²) in [4.78, 5) is 34.1. The molecule has 2 amide bonds. The third-order valence-corrected chi connectivity index (χ3v) is 2.25. The van der Waals surface area contributed by atoms with Crippen LogP contribution in [0.3, 0.4) is 0 Å². The molecule has 0 aliphatic carbocycles. The number of nitrogens with zero attached hydrogens (tertiary/aromatic N) is 1. The molecular weight excluding hydrogens is 198 g/mol. The fourth-order valence-corrected chi connectivity index (χ4v) is 1.47. The van der Waals surface area contributed by atoms with Gasteiger partial charge in [-0.15, -0.1) is 0 Å². The van der Waals surface area contributed by atoms with Crippen molar-refractivity contribution in [2.75, 3.05) is 7.05 Å². The van der Waals surface area contributed by atoms with Crippen LogP contribution < -0.4 is 4.74 Å². The normalized spacial score (nSPS) is 14.1. The molecule has 1 aromatic carbocycles. The summed E-state index contributed by atoms with van der Waals surface area (Å²) in [6.07, 6.45) is 0. The molecule has 1 aliphatic heterocycles. The van der Waals surface area contributed by atoms with E-state index in [9.17, 15) is 14.4 Å². The van der Waals surface area contributed by atoms with Crippen LogP contribution in [0.25, 0.3) is 0 Å². The van der Waals surface area contributed by atoms with Gasteiger partial charge in [0.15, 0.2) is 0 Å². The van der Waals surface area contributed by atoms with E-state index in [4.69, 9.17) is 0 Å². The maximum absolute atomic E-state index is 11.5. The van der Waals surface area contributed by atoms with Crippen LogP contribution in [0.15, 0.2) is 18.2 Å². The average Bonchev–Trinajstić information content (AvgIpc) is 2.45. The van der Waals surface area contributed by atoms with Crippen molar-refractivity contribution in [1.82, 2.24) is 4.90 Å². The van der Waals surface area contributed by atoms with Gasteiger partial charge in [-0.1, -0.05) is 0 Å². The van der Waals surface area contributed by atoms with E-state index >= 15 is 0 Å². The smallest absolute Gasteiger partial charge is 0.298 e. The van der Waals surface area contributed by atoms with Gasteiger partial charge in [0, 0.05) is 7.05 Å². The molecule has 0 spiro atoms. The number of carbonyl (C=O) groups is 3. The first-order valence-corrected chi connectivity index (χ1v) is 4.22. The molecule has 1 heterocycles. The Hall–Kier alpha value is -2.17. The van der Waals surface area contributed by atoms with Crippen LogP contribution >= 0.6 is 0 Å². The number of hydrogen-bond donors (Lipinski definition) is 0. The van der Waals surface area contributed by atoms with Crippen molar-refractivity contribution in [1.29, 1.82) is 0 Å². The van der Waals surface area contributed by atoms with Crippen molar-refractivity contribution < 1.29 is 19.1 Å². The van der Waals surface area contributed by atoms with Gasteiger partial charge < -0.3 is 4.74 Å². The summed E-state index contributed by atoms with van der Waals surface area (Å²) < 4.78 is 4.59. The lowest BCUT2D eigenvalue weighted by molar-refractivity contribution is -0.120. The van der Waals surface area contributed by atoms with E-state index in [0.29, 0.717) is 5.56 Å². The maximum Gasteiger partial charge on any atom is 0.298 e. The fraction of sp³-hybridized carbons (Fsp3) is 0.100. The molecule has 5 heteroatoms. The summed E-state index contributed by atoms with van der Waals surface area (Å²) in [6, 6.07) is 4.32. The zero-order valence-electron chi connectivity index (χ0n) is 7.89. The molecule has 0 radical (unpaired) electrons. The van der Waals surface area contributed by atoms with Crippen molar-refractivity contribution in [2.45, 2.75) is 0 Å². The molecule has 1 aromatic rings. The van der Waals surface area contributed by atoms with Gasteiger partial charge in [0.2, 0.25) is 0 Å². The summed E-state index contributed by atoms with van der Waals surface area (Å²) in [5.74, 6) is -0.473. The summed E-state index contributed by atoms with van der Waals surface area (Å²) in [7, 11) is 1.41. The first-order chi connectivity index (χ1) is 7.15. The van der Waals surface area contributed by atoms with Gasteiger partial charge in [-0.25, -0.2) is 0 Å². The lowest BCUT2D eigenvalue weighted by Crippen LogP contribution is -2.24. The number of imide groups is 1. The molecule has 0 saturated heterocycles. The number of amides is 2. The van der Waals surface area contributed by atoms with Gasteiger partial charge in [-0.2, -0.15) is 0 Å². The lowest BCUT2D eigenvalue weighted by Gasteiger charge is -2.02. The summed E-state index contributed by atoms with van der Waals surface area (Å²) in [5, 5.41) is 0. The van der Waals surface area contributed by atoms with Crippen molar-refractivity contribution in [3.63, 3.8) is 0 Å². The summed E-state index contributed by atoms with van der Waals surface area (Å²) in [5.41, 5.74) is 0.600. The van der Waals surface area contributed by atoms with Crippen LogP contribution in [0, 0.1) is 0 Å². The van der Waals surface area contributed by atoms with Gasteiger partial charge in [-0.3, -0.25) is 19.3 Å². The van der Waals surface area contributed by atoms with E-state index in [1.807, 2.05) is 0 Å². The molecule has 0 saturated carbocycles. The highest BCUT2D eigenvalue weighted by molar-refractivity contribution is 6.21. The zero-order valence-corrected chi connectivity index (χ0v) is 7.89. The molecule has 0 bridgehead atoms. The predicted molar refractivity (Wildman–Crippen MR) is 49.6 cm³/mol. The van der Waals surface area contributed by atoms with Crippen LogP contribution in [0.5, 0.6) is 5.75 Å². The van der Waals surface area contributed by atoms with Crippen molar-refractivity contribution in [2.24, 2.45) is 0 Å². The van der Waals surface area contributed by atoms with Crippen molar-refractivity contribution in [3.8, 4) is 5.75 Å². The molecule has 76 valence electrons. The van der Waals surface area contributed by atoms with Crippen molar-refractivity contribution in [3.05, 3.63) is 29.3 Å². The van der Waals surface area contributed by atoms with E-state index in [1.165, 1.54) is 25.2 Å². The van der Waals surface area contributed by atoms with Crippen LogP contribution in [-0.2, 0) is 4.79 Å². The molecular formula is C10H7NO4. The van der Waals surface area contributed by atoms with Crippen LogP contribution in [0.1, 0.15) is 20.7 Å². The highest BCUT2D eigenvalue weighted by atomic mass is 16.5. The molecule has 0 atom stereocenters. The van der Waals surface area contributed by atoms with E-state index < -0.39 is 0 Å². The topological polar surface area (TPSA) is 63.7 Å². The maximum atomic E-state index is 11.5. The number of hydrogen-bond acceptors (Lipinski definition) is 4. The first-order valence-electron chi connectivity index (χ1n) is 4.22. The van der Waals surface area contributed by atoms with E-state index in [2.05, 4.69) is 4.74 Å². The fourth-order valence-electron chi connectivity index (χ4n) is 1.47. The Morgan fingerprint density at radius 1 is 1.20 bits per heavy atom. The quantitative estimate of drug-likeness (QED) is 0.519. The average molecular weight is 205 g/mol. The third kappa shape index (κ3) is 1.28. The monoisotopic (exact) mass is 205 g/mol. The second-order valence-electron chi connectivity index (χ2n) is 3.09. The van der Waals surface area contributed by atoms with Gasteiger partial charge in [-0.05, 0) is 18.2 Å². The van der Waals surface area contributed by atoms with Crippen molar-refractivity contribution >= 4 is 18.3 Å². The molecule has 0 aromatic heterocycles. The molecule has 1 aliphatic rings. The predicted octanol–water partition coefficient (Wildman–Crippen LogP) is 0.448. The Labute approximate surface area is 85.2 Å². The van der Waals surface area contributed by atoms with Crippen LogP contribution in [0.4, 0.5) is 0 Å². The highest BCUT2D eigenvalue weighted by Crippen LogP contribution is 2.25. The van der Waals surface area contributed by atoms with Crippen LogP contribution in [-0.4, -0.2) is 30.2 Å². The number of fused-ring (bicyclic) bond motifs is 1. The number of rotatable bonds is 2. The van der Waals surface area contributed by atoms with E-state index in [-0.39, 0.29) is 29.6 Å². The molecule has 0 N–H and O–H groups in total. The van der Waals surface area contributed by atoms with Gasteiger partial charge in [0.1, 0.15) is 5.75 Å². The Bertz CT molecular complexity index is 466. The third-order valence-electron chi connectivity index (χ3n) is 2.25. The minimum atomic E-state index is -0.383. The van der Waals surface area contributed by atoms with Gasteiger partial charge >= 0.3 is 0 Å². The lowest BCUT2D eigenvalue weighted by atomic mass is 10.1. The van der Waals surface area contributed by atoms with E-state index in [1.54, 1.807) is 0 Å². The molecule has 0 unspecified atom stereocenters. The van der Waals surface area contributed by atoms with E-state index in [0.717, 1.165) is 4.90 Å². The minimum absolute atomic E-state index is 0.250. The molecule has 0 fully saturated rings. The summed E-state index contributed by atoms with van der Waals surface area (Å²) >= 11 is 0. The molecule has 2 rings (SSSR count). The SMILES string of the molecule is CN1C(=O)c2ccc(OC=O)cc2C1=O. The van der Waals surface area contributed by atoms with Gasteiger partial charge in [0.25, 0.3) is 18.3 Å². The second-order valence-corrected chi connectivity index (χ2v) is 3.09. The Morgan fingerprint density at radius 2 is 1.87 bits per heavy atom. The van der Waals surface area contributed by atoms with Gasteiger partial charge in [0.05, 0.1) is 11.1 Å². The molecule has 5 nitrogen and oxygen atoms in total. The Morgan fingerprint density at radius 3 is 2.53 bits per heavy atom. The van der Waals surface area contributed by atoms with Crippen LogP contribution in [0.2, 0.25) is 0 Å². The first kappa shape index (κ1) is 9.39. The molecule has 15 heavy (non-hydrogen) atoms. The summed E-state index contributed by atoms with van der Waals surface area (Å²) in [6.45, 7) is 0.271. The standard InChI is InChI=1S/C10H7NO4/c1-11-9(13)7-3-2-6(15-5-12)4-8(7)10(11)14/h2-5H,1H3. The highest BCUT2D eigenvalue weighted by Gasteiger charge is 2.32. The Kier molecular flexibility index (Phi) is 2.00. The number of benzene rings is 1. The Balaban J connectivity index is 2.51. The number of carbonyl (C=O) groups excluding carboxylic acids is 3. The second kappa shape index (κ2) is 3.20. The zero-order chi connectivity index (χ0) is 11.0.